The maximum Gasteiger partial charge on any atom is 0.317 e. The van der Waals surface area contributed by atoms with Crippen molar-refractivity contribution in [2.75, 3.05) is 5.32 Å². The Bertz CT molecular complexity index is 382. The second-order valence-electron chi connectivity index (χ2n) is 2.50. The molecule has 0 spiro atoms. The van der Waals surface area contributed by atoms with Crippen molar-refractivity contribution in [3.63, 3.8) is 0 Å². The predicted molar refractivity (Wildman–Crippen MR) is 48.9 cm³/mol. The van der Waals surface area contributed by atoms with Gasteiger partial charge in [-0.2, -0.15) is 5.10 Å². The van der Waals surface area contributed by atoms with Crippen LogP contribution in [0.25, 0.3) is 0 Å². The van der Waals surface area contributed by atoms with Crippen molar-refractivity contribution in [2.45, 2.75) is 0 Å². The van der Waals surface area contributed by atoms with Gasteiger partial charge in [-0.25, -0.2) is 4.79 Å². The van der Waals surface area contributed by atoms with Gasteiger partial charge in [-0.05, 0) is 0 Å². The zero-order chi connectivity index (χ0) is 10.7. The van der Waals surface area contributed by atoms with E-state index in [-0.39, 0.29) is 11.7 Å². The molecule has 0 saturated heterocycles. The Balaban J connectivity index is 3.12. The van der Waals surface area contributed by atoms with Gasteiger partial charge in [-0.15, -0.1) is 0 Å². The fourth-order valence-corrected chi connectivity index (χ4v) is 0.944. The van der Waals surface area contributed by atoms with Crippen LogP contribution in [0.15, 0.2) is 11.4 Å². The highest BCUT2D eigenvalue weighted by Crippen LogP contribution is 2.12. The Morgan fingerprint density at radius 2 is 2.36 bits per heavy atom. The average Bonchev–Trinajstić information content (AvgIpc) is 2.46. The summed E-state index contributed by atoms with van der Waals surface area (Å²) >= 11 is 0. The van der Waals surface area contributed by atoms with Gasteiger partial charge < -0.3 is 16.7 Å². The minimum absolute atomic E-state index is 0.151. The molecule has 8 heteroatoms. The molecule has 1 heterocycles. The number of rotatable bonds is 2. The first-order valence-electron chi connectivity index (χ1n) is 3.62. The lowest BCUT2D eigenvalue weighted by atomic mass is 10.3. The van der Waals surface area contributed by atoms with Crippen molar-refractivity contribution in [2.24, 2.45) is 23.7 Å². The number of aryl methyl sites for hydroxylation is 1. The molecule has 1 rings (SSSR count). The van der Waals surface area contributed by atoms with Gasteiger partial charge in [0.1, 0.15) is 5.82 Å². The number of nitrogens with one attached hydrogen (secondary N) is 1. The van der Waals surface area contributed by atoms with Crippen LogP contribution in [0.5, 0.6) is 0 Å². The zero-order valence-electron chi connectivity index (χ0n) is 7.43. The van der Waals surface area contributed by atoms with Gasteiger partial charge in [0.2, 0.25) is 0 Å². The topological polar surface area (TPSA) is 132 Å². The maximum absolute atomic E-state index is 10.6. The van der Waals surface area contributed by atoms with Crippen molar-refractivity contribution in [3.05, 3.63) is 11.8 Å². The second kappa shape index (κ2) is 3.64. The van der Waals surface area contributed by atoms with Crippen molar-refractivity contribution < 1.29 is 10.0 Å². The van der Waals surface area contributed by atoms with Gasteiger partial charge in [0, 0.05) is 7.05 Å². The molecule has 0 fully saturated rings. The van der Waals surface area contributed by atoms with Crippen LogP contribution in [0.1, 0.15) is 5.56 Å². The summed E-state index contributed by atoms with van der Waals surface area (Å²) in [4.78, 5) is 10.6. The molecule has 0 aliphatic rings. The quantitative estimate of drug-likeness (QED) is 0.210. The highest BCUT2D eigenvalue weighted by Gasteiger charge is 2.13. The molecule has 76 valence electrons. The summed E-state index contributed by atoms with van der Waals surface area (Å²) in [6, 6.07) is -0.749. The van der Waals surface area contributed by atoms with Gasteiger partial charge in [0.25, 0.3) is 0 Å². The lowest BCUT2D eigenvalue weighted by Gasteiger charge is -2.04. The van der Waals surface area contributed by atoms with E-state index < -0.39 is 6.03 Å². The Labute approximate surface area is 79.2 Å². The molecule has 0 saturated carbocycles. The molecular weight excluding hydrogens is 188 g/mol. The minimum Gasteiger partial charge on any atom is -0.409 e. The van der Waals surface area contributed by atoms with Gasteiger partial charge in [0.15, 0.2) is 5.84 Å². The lowest BCUT2D eigenvalue weighted by molar-refractivity contribution is 0.259. The second-order valence-corrected chi connectivity index (χ2v) is 2.50. The van der Waals surface area contributed by atoms with Crippen LogP contribution in [0.2, 0.25) is 0 Å². The molecule has 8 nitrogen and oxygen atoms in total. The third-order valence-corrected chi connectivity index (χ3v) is 1.56. The molecule has 1 aromatic heterocycles. The summed E-state index contributed by atoms with van der Waals surface area (Å²) in [7, 11) is 1.58. The van der Waals surface area contributed by atoms with Gasteiger partial charge in [0.05, 0.1) is 11.8 Å². The summed E-state index contributed by atoms with van der Waals surface area (Å²) in [5.74, 6) is 0.120. The number of carbonyl (C=O) groups is 1. The van der Waals surface area contributed by atoms with Crippen LogP contribution in [0.3, 0.4) is 0 Å². The molecule has 0 aliphatic heterocycles. The van der Waals surface area contributed by atoms with Gasteiger partial charge in [-0.3, -0.25) is 10.00 Å². The normalized spacial score (nSPS) is 11.4. The molecule has 0 atom stereocenters. The molecule has 14 heavy (non-hydrogen) atoms. The number of hydrogen-bond donors (Lipinski definition) is 4. The number of amidine groups is 1. The number of amides is 2. The summed E-state index contributed by atoms with van der Waals surface area (Å²) in [5, 5.41) is 17.3. The predicted octanol–water partition coefficient (Wildman–Crippen LogP) is -0.995. The minimum atomic E-state index is -0.749. The summed E-state index contributed by atoms with van der Waals surface area (Å²) in [6.45, 7) is 0. The number of hydrogen-bond acceptors (Lipinski definition) is 4. The molecule has 6 N–H and O–H groups in total. The number of primary amides is 1. The molecule has 0 aromatic carbocycles. The van der Waals surface area contributed by atoms with E-state index in [2.05, 4.69) is 15.6 Å². The first-order chi connectivity index (χ1) is 6.56. The van der Waals surface area contributed by atoms with Crippen molar-refractivity contribution >= 4 is 17.7 Å². The molecule has 0 radical (unpaired) electrons. The summed E-state index contributed by atoms with van der Waals surface area (Å²) in [5.41, 5.74) is 10.6. The number of urea groups is 1. The monoisotopic (exact) mass is 198 g/mol. The van der Waals surface area contributed by atoms with Crippen molar-refractivity contribution in [1.82, 2.24) is 9.78 Å². The smallest absolute Gasteiger partial charge is 0.317 e. The Morgan fingerprint density at radius 1 is 1.71 bits per heavy atom. The Hall–Kier alpha value is -2.25. The van der Waals surface area contributed by atoms with E-state index in [0.717, 1.165) is 0 Å². The van der Waals surface area contributed by atoms with E-state index >= 15 is 0 Å². The fraction of sp³-hybridized carbons (Fsp3) is 0.167. The van der Waals surface area contributed by atoms with Crippen molar-refractivity contribution in [3.8, 4) is 0 Å². The molecular formula is C6H10N6O2. The molecule has 0 aliphatic carbocycles. The number of aromatic nitrogens is 2. The molecule has 0 unspecified atom stereocenters. The Morgan fingerprint density at radius 3 is 2.86 bits per heavy atom. The largest absolute Gasteiger partial charge is 0.409 e. The van der Waals surface area contributed by atoms with Crippen LogP contribution in [0, 0.1) is 0 Å². The molecule has 2 amide bonds. The van der Waals surface area contributed by atoms with Gasteiger partial charge >= 0.3 is 6.03 Å². The van der Waals surface area contributed by atoms with E-state index in [1.807, 2.05) is 0 Å². The fourth-order valence-electron chi connectivity index (χ4n) is 0.944. The van der Waals surface area contributed by atoms with E-state index in [9.17, 15) is 4.79 Å². The number of nitrogens with zero attached hydrogens (tertiary/aromatic N) is 3. The van der Waals surface area contributed by atoms with Crippen LogP contribution < -0.4 is 16.8 Å². The van der Waals surface area contributed by atoms with Crippen LogP contribution >= 0.6 is 0 Å². The first kappa shape index (κ1) is 9.84. The van der Waals surface area contributed by atoms with Crippen LogP contribution in [-0.4, -0.2) is 26.9 Å². The van der Waals surface area contributed by atoms with E-state index in [1.165, 1.54) is 10.9 Å². The number of oxime groups is 1. The average molecular weight is 198 g/mol. The first-order valence-corrected chi connectivity index (χ1v) is 3.62. The maximum atomic E-state index is 10.6. The SMILES string of the molecule is Cn1ncc(C(N)=NO)c1NC(N)=O. The number of carbonyl (C=O) groups excluding carboxylic acids is 1. The number of nitrogens with two attached hydrogens (primary N) is 2. The third kappa shape index (κ3) is 1.73. The number of anilines is 1. The van der Waals surface area contributed by atoms with Gasteiger partial charge in [-0.1, -0.05) is 5.16 Å². The van der Waals surface area contributed by atoms with E-state index in [1.54, 1.807) is 7.05 Å². The third-order valence-electron chi connectivity index (χ3n) is 1.56. The lowest BCUT2D eigenvalue weighted by Crippen LogP contribution is -2.24. The standard InChI is InChI=1S/C6H10N6O2/c1-12-5(10-6(8)13)3(2-9-12)4(7)11-14/h2,14H,1H3,(H2,7,11)(H3,8,10,13). The summed E-state index contributed by atoms with van der Waals surface area (Å²) in [6.07, 6.45) is 1.35. The van der Waals surface area contributed by atoms with Crippen molar-refractivity contribution in [1.29, 1.82) is 0 Å². The van der Waals surface area contributed by atoms with Crippen LogP contribution in [-0.2, 0) is 7.05 Å². The highest BCUT2D eigenvalue weighted by molar-refractivity contribution is 6.03. The molecule has 1 aromatic rings. The molecule has 0 bridgehead atoms. The van der Waals surface area contributed by atoms with E-state index in [4.69, 9.17) is 16.7 Å². The summed E-state index contributed by atoms with van der Waals surface area (Å²) < 4.78 is 1.35. The Kier molecular flexibility index (Phi) is 2.56. The van der Waals surface area contributed by atoms with Crippen LogP contribution in [0.4, 0.5) is 10.6 Å². The van der Waals surface area contributed by atoms with E-state index in [0.29, 0.717) is 5.56 Å². The zero-order valence-corrected chi connectivity index (χ0v) is 7.43. The highest BCUT2D eigenvalue weighted by atomic mass is 16.4.